The van der Waals surface area contributed by atoms with Gasteiger partial charge in [0, 0.05) is 44.4 Å². The molecular weight excluding hydrogens is 426 g/mol. The molecule has 1 aliphatic heterocycles. The number of hydrogen-bond donors (Lipinski definition) is 0. The van der Waals surface area contributed by atoms with Crippen LogP contribution in [0.3, 0.4) is 0 Å². The highest BCUT2D eigenvalue weighted by Gasteiger charge is 2.24. The first-order chi connectivity index (χ1) is 16.0. The first-order valence-electron chi connectivity index (χ1n) is 11.1. The Balaban J connectivity index is 1.35. The summed E-state index contributed by atoms with van der Waals surface area (Å²) in [6.07, 6.45) is 3.35. The van der Waals surface area contributed by atoms with Crippen molar-refractivity contribution in [3.05, 3.63) is 99.7 Å². The van der Waals surface area contributed by atoms with Gasteiger partial charge in [-0.05, 0) is 60.8 Å². The van der Waals surface area contributed by atoms with E-state index in [9.17, 15) is 18.9 Å². The second-order valence-electron chi connectivity index (χ2n) is 8.23. The second kappa shape index (κ2) is 10.5. The third-order valence-corrected chi connectivity index (χ3v) is 6.15. The molecule has 2 heterocycles. The molecule has 0 atom stereocenters. The van der Waals surface area contributed by atoms with Crippen LogP contribution in [0.15, 0.2) is 66.9 Å². The molecule has 1 fully saturated rings. The topological polar surface area (TPSA) is 62.5 Å². The molecule has 33 heavy (non-hydrogen) atoms. The van der Waals surface area contributed by atoms with Gasteiger partial charge in [-0.15, -0.1) is 0 Å². The van der Waals surface area contributed by atoms with Crippen LogP contribution in [0.1, 0.15) is 29.9 Å². The van der Waals surface area contributed by atoms with Crippen LogP contribution in [0.5, 0.6) is 0 Å². The van der Waals surface area contributed by atoms with Gasteiger partial charge in [-0.25, -0.2) is 13.8 Å². The van der Waals surface area contributed by atoms with E-state index in [-0.39, 0.29) is 28.2 Å². The molecule has 1 aromatic heterocycles. The lowest BCUT2D eigenvalue weighted by atomic mass is 9.87. The third kappa shape index (κ3) is 5.70. The van der Waals surface area contributed by atoms with Gasteiger partial charge in [-0.1, -0.05) is 24.3 Å². The van der Waals surface area contributed by atoms with Crippen LogP contribution in [0.4, 0.5) is 20.3 Å². The van der Waals surface area contributed by atoms with Gasteiger partial charge >= 0.3 is 5.69 Å². The lowest BCUT2D eigenvalue weighted by Crippen LogP contribution is -2.47. The summed E-state index contributed by atoms with van der Waals surface area (Å²) in [5.74, 6) is -0.0660. The molecule has 8 heteroatoms. The maximum Gasteiger partial charge on any atom is 0.311 e. The zero-order valence-electron chi connectivity index (χ0n) is 18.2. The zero-order valence-corrected chi connectivity index (χ0v) is 18.2. The predicted molar refractivity (Wildman–Crippen MR) is 123 cm³/mol. The third-order valence-electron chi connectivity index (χ3n) is 6.15. The van der Waals surface area contributed by atoms with E-state index >= 15 is 0 Å². The summed E-state index contributed by atoms with van der Waals surface area (Å²) in [4.78, 5) is 19.4. The Hall–Kier alpha value is -3.39. The molecule has 0 aliphatic carbocycles. The van der Waals surface area contributed by atoms with Crippen LogP contribution in [0, 0.1) is 21.7 Å². The van der Waals surface area contributed by atoms with E-state index in [1.807, 2.05) is 4.90 Å². The minimum atomic E-state index is -0.389. The first-order valence-corrected chi connectivity index (χ1v) is 11.1. The Bertz CT molecular complexity index is 1020. The first kappa shape index (κ1) is 22.8. The van der Waals surface area contributed by atoms with Crippen LogP contribution in [-0.4, -0.2) is 47.5 Å². The van der Waals surface area contributed by atoms with E-state index in [0.29, 0.717) is 18.9 Å². The lowest BCUT2D eigenvalue weighted by Gasteiger charge is -2.35. The molecule has 2 aromatic carbocycles. The van der Waals surface area contributed by atoms with E-state index in [1.54, 1.807) is 36.5 Å². The fourth-order valence-electron chi connectivity index (χ4n) is 4.39. The van der Waals surface area contributed by atoms with E-state index in [0.717, 1.165) is 43.6 Å². The monoisotopic (exact) mass is 452 g/mol. The fourth-order valence-corrected chi connectivity index (χ4v) is 4.39. The zero-order chi connectivity index (χ0) is 23.2. The van der Waals surface area contributed by atoms with E-state index in [2.05, 4.69) is 9.88 Å². The largest absolute Gasteiger partial charge is 0.348 e. The summed E-state index contributed by atoms with van der Waals surface area (Å²) >= 11 is 0. The van der Waals surface area contributed by atoms with Crippen LogP contribution in [-0.2, 0) is 0 Å². The molecule has 0 unspecified atom stereocenters. The molecule has 0 amide bonds. The number of hydrogen-bond acceptors (Lipinski definition) is 5. The molecule has 6 nitrogen and oxygen atoms in total. The Morgan fingerprint density at radius 2 is 1.48 bits per heavy atom. The number of halogens is 2. The van der Waals surface area contributed by atoms with Gasteiger partial charge in [-0.3, -0.25) is 15.0 Å². The van der Waals surface area contributed by atoms with Crippen molar-refractivity contribution in [2.75, 3.05) is 37.6 Å². The Labute approximate surface area is 191 Å². The standard InChI is InChI=1S/C25H26F2N4O2/c26-21-9-5-19(6-10-21)23(20-7-11-22(27)12-8-20)3-2-14-29-15-17-30(18-16-29)25-24(31(32)33)4-1-13-28-25/h1,4-13,23H,2-3,14-18H2. The van der Waals surface area contributed by atoms with Gasteiger partial charge < -0.3 is 4.90 Å². The predicted octanol–water partition coefficient (Wildman–Crippen LogP) is 5.00. The maximum atomic E-state index is 13.4. The van der Waals surface area contributed by atoms with Crippen molar-refractivity contribution in [3.63, 3.8) is 0 Å². The summed E-state index contributed by atoms with van der Waals surface area (Å²) in [6.45, 7) is 3.84. The molecule has 1 saturated heterocycles. The van der Waals surface area contributed by atoms with E-state index < -0.39 is 0 Å². The molecule has 0 spiro atoms. The lowest BCUT2D eigenvalue weighted by molar-refractivity contribution is -0.384. The summed E-state index contributed by atoms with van der Waals surface area (Å²) in [7, 11) is 0. The van der Waals surface area contributed by atoms with Crippen molar-refractivity contribution in [2.45, 2.75) is 18.8 Å². The number of anilines is 1. The molecule has 172 valence electrons. The molecule has 0 N–H and O–H groups in total. The Morgan fingerprint density at radius 3 is 2.03 bits per heavy atom. The quantitative estimate of drug-likeness (QED) is 0.355. The molecule has 0 bridgehead atoms. The van der Waals surface area contributed by atoms with Crippen LogP contribution in [0.25, 0.3) is 0 Å². The van der Waals surface area contributed by atoms with Crippen LogP contribution >= 0.6 is 0 Å². The molecular formula is C25H26F2N4O2. The summed E-state index contributed by atoms with van der Waals surface area (Å²) in [6, 6.07) is 16.1. The minimum Gasteiger partial charge on any atom is -0.348 e. The fraction of sp³-hybridized carbons (Fsp3) is 0.320. The molecule has 3 aromatic rings. The molecule has 1 aliphatic rings. The molecule has 0 radical (unpaired) electrons. The number of benzene rings is 2. The number of rotatable bonds is 8. The molecule has 4 rings (SSSR count). The Morgan fingerprint density at radius 1 is 0.909 bits per heavy atom. The Kier molecular flexibility index (Phi) is 7.24. The van der Waals surface area contributed by atoms with Crippen molar-refractivity contribution in [3.8, 4) is 0 Å². The highest BCUT2D eigenvalue weighted by atomic mass is 19.1. The van der Waals surface area contributed by atoms with E-state index in [1.165, 1.54) is 30.3 Å². The van der Waals surface area contributed by atoms with Crippen LogP contribution in [0.2, 0.25) is 0 Å². The van der Waals surface area contributed by atoms with Gasteiger partial charge in [0.15, 0.2) is 0 Å². The van der Waals surface area contributed by atoms with Crippen molar-refractivity contribution >= 4 is 11.5 Å². The summed E-state index contributed by atoms with van der Waals surface area (Å²) in [5.41, 5.74) is 2.05. The van der Waals surface area contributed by atoms with Crippen molar-refractivity contribution < 1.29 is 13.7 Å². The van der Waals surface area contributed by atoms with Gasteiger partial charge in [0.2, 0.25) is 5.82 Å². The highest BCUT2D eigenvalue weighted by molar-refractivity contribution is 5.57. The number of nitro groups is 1. The second-order valence-corrected chi connectivity index (χ2v) is 8.23. The average molecular weight is 453 g/mol. The number of nitrogens with zero attached hydrogens (tertiary/aromatic N) is 4. The van der Waals surface area contributed by atoms with Crippen molar-refractivity contribution in [1.29, 1.82) is 0 Å². The number of piperazine rings is 1. The van der Waals surface area contributed by atoms with Crippen LogP contribution < -0.4 is 4.90 Å². The van der Waals surface area contributed by atoms with Crippen molar-refractivity contribution in [1.82, 2.24) is 9.88 Å². The number of aromatic nitrogens is 1. The van der Waals surface area contributed by atoms with Gasteiger partial charge in [0.25, 0.3) is 0 Å². The normalized spacial score (nSPS) is 14.6. The SMILES string of the molecule is O=[N+]([O-])c1cccnc1N1CCN(CCCC(c2ccc(F)cc2)c2ccc(F)cc2)CC1. The van der Waals surface area contributed by atoms with Gasteiger partial charge in [0.05, 0.1) is 4.92 Å². The highest BCUT2D eigenvalue weighted by Crippen LogP contribution is 2.30. The van der Waals surface area contributed by atoms with E-state index in [4.69, 9.17) is 0 Å². The summed E-state index contributed by atoms with van der Waals surface area (Å²) < 4.78 is 26.8. The van der Waals surface area contributed by atoms with Crippen molar-refractivity contribution in [2.24, 2.45) is 0 Å². The van der Waals surface area contributed by atoms with Gasteiger partial charge in [-0.2, -0.15) is 0 Å². The average Bonchev–Trinajstić information content (AvgIpc) is 2.84. The number of pyridine rings is 1. The minimum absolute atomic E-state index is 0.0346. The molecule has 0 saturated carbocycles. The maximum absolute atomic E-state index is 13.4. The smallest absolute Gasteiger partial charge is 0.311 e. The summed E-state index contributed by atoms with van der Waals surface area (Å²) in [5, 5.41) is 11.3. The van der Waals surface area contributed by atoms with Gasteiger partial charge in [0.1, 0.15) is 11.6 Å².